The van der Waals surface area contributed by atoms with E-state index >= 15 is 0 Å². The molecule has 5 nitrogen and oxygen atoms in total. The molecule has 0 unspecified atom stereocenters. The van der Waals surface area contributed by atoms with Crippen molar-refractivity contribution in [2.24, 2.45) is 0 Å². The summed E-state index contributed by atoms with van der Waals surface area (Å²) in [6, 6.07) is 6.32. The topological polar surface area (TPSA) is 79.3 Å². The lowest BCUT2D eigenvalue weighted by atomic mass is 10.1. The van der Waals surface area contributed by atoms with Crippen molar-refractivity contribution >= 4 is 23.2 Å². The third-order valence-electron chi connectivity index (χ3n) is 3.01. The van der Waals surface area contributed by atoms with Crippen LogP contribution in [0.1, 0.15) is 31.5 Å². The quantitative estimate of drug-likeness (QED) is 0.888. The van der Waals surface area contributed by atoms with Crippen LogP contribution in [0.4, 0.5) is 0 Å². The molecule has 0 radical (unpaired) electrons. The van der Waals surface area contributed by atoms with Gasteiger partial charge in [-0.25, -0.2) is 9.78 Å². The van der Waals surface area contributed by atoms with E-state index < -0.39 is 5.97 Å². The summed E-state index contributed by atoms with van der Waals surface area (Å²) in [5, 5.41) is 12.7. The number of benzene rings is 1. The molecule has 1 heterocycles. The first-order valence-electron chi connectivity index (χ1n) is 6.47. The first-order chi connectivity index (χ1) is 9.95. The molecule has 2 N–H and O–H groups in total. The van der Waals surface area contributed by atoms with Crippen LogP contribution in [-0.4, -0.2) is 22.0 Å². The fraction of sp³-hybridized carbons (Fsp3) is 0.267. The molecule has 1 aromatic heterocycles. The zero-order valence-corrected chi connectivity index (χ0v) is 12.7. The van der Waals surface area contributed by atoms with Crippen LogP contribution in [0.2, 0.25) is 0 Å². The summed E-state index contributed by atoms with van der Waals surface area (Å²) in [6.07, 6.45) is 0.233. The maximum absolute atomic E-state index is 11.9. The average molecular weight is 304 g/mol. The van der Waals surface area contributed by atoms with Gasteiger partial charge in [-0.3, -0.25) is 4.79 Å². The highest BCUT2D eigenvalue weighted by Gasteiger charge is 2.08. The second kappa shape index (κ2) is 6.49. The Balaban J connectivity index is 1.89. The van der Waals surface area contributed by atoms with Crippen molar-refractivity contribution < 1.29 is 14.7 Å². The lowest BCUT2D eigenvalue weighted by molar-refractivity contribution is -0.120. The molecule has 110 valence electrons. The van der Waals surface area contributed by atoms with Gasteiger partial charge in [0.15, 0.2) is 0 Å². The predicted molar refractivity (Wildman–Crippen MR) is 80.5 cm³/mol. The summed E-state index contributed by atoms with van der Waals surface area (Å²) in [7, 11) is 0. The fourth-order valence-corrected chi connectivity index (χ4v) is 2.81. The molecule has 6 heteroatoms. The second-order valence-electron chi connectivity index (χ2n) is 4.70. The number of carbonyl (C=O) groups excluding carboxylic acids is 1. The number of thiazole rings is 1. The van der Waals surface area contributed by atoms with Gasteiger partial charge >= 0.3 is 5.97 Å². The van der Waals surface area contributed by atoms with Crippen molar-refractivity contribution in [2.45, 2.75) is 26.8 Å². The Morgan fingerprint density at radius 3 is 2.43 bits per heavy atom. The molecule has 0 aliphatic carbocycles. The molecule has 0 atom stereocenters. The summed E-state index contributed by atoms with van der Waals surface area (Å²) < 4.78 is 0. The Kier molecular flexibility index (Phi) is 4.70. The number of carbonyl (C=O) groups is 2. The van der Waals surface area contributed by atoms with Crippen molar-refractivity contribution in [2.75, 3.05) is 0 Å². The summed E-state index contributed by atoms with van der Waals surface area (Å²) >= 11 is 1.58. The van der Waals surface area contributed by atoms with E-state index in [-0.39, 0.29) is 17.9 Å². The van der Waals surface area contributed by atoms with Gasteiger partial charge in [0, 0.05) is 4.88 Å². The largest absolute Gasteiger partial charge is 0.478 e. The van der Waals surface area contributed by atoms with Crippen molar-refractivity contribution in [1.29, 1.82) is 0 Å². The molecule has 0 bridgehead atoms. The average Bonchev–Trinajstić information content (AvgIpc) is 2.75. The first-order valence-corrected chi connectivity index (χ1v) is 7.29. The van der Waals surface area contributed by atoms with Crippen molar-refractivity contribution in [3.63, 3.8) is 0 Å². The maximum atomic E-state index is 11.9. The molecule has 0 aliphatic rings. The van der Waals surface area contributed by atoms with E-state index in [4.69, 9.17) is 5.11 Å². The van der Waals surface area contributed by atoms with Gasteiger partial charge < -0.3 is 10.4 Å². The smallest absolute Gasteiger partial charge is 0.335 e. The zero-order valence-electron chi connectivity index (χ0n) is 11.8. The second-order valence-corrected chi connectivity index (χ2v) is 5.98. The van der Waals surface area contributed by atoms with Crippen molar-refractivity contribution in [3.05, 3.63) is 51.0 Å². The minimum absolute atomic E-state index is 0.0940. The summed E-state index contributed by atoms with van der Waals surface area (Å²) in [5.41, 5.74) is 1.95. The van der Waals surface area contributed by atoms with Crippen LogP contribution in [0.5, 0.6) is 0 Å². The third-order valence-corrected chi connectivity index (χ3v) is 4.08. The number of carboxylic acids is 1. The van der Waals surface area contributed by atoms with Gasteiger partial charge in [0.1, 0.15) is 0 Å². The van der Waals surface area contributed by atoms with Crippen LogP contribution in [0.3, 0.4) is 0 Å². The monoisotopic (exact) mass is 304 g/mol. The van der Waals surface area contributed by atoms with Crippen LogP contribution < -0.4 is 5.32 Å². The molecule has 0 fully saturated rings. The Labute approximate surface area is 126 Å². The summed E-state index contributed by atoms with van der Waals surface area (Å²) in [6.45, 7) is 4.34. The van der Waals surface area contributed by atoms with Crippen LogP contribution in [0.15, 0.2) is 24.3 Å². The van der Waals surface area contributed by atoms with Gasteiger partial charge in [-0.15, -0.1) is 11.3 Å². The number of rotatable bonds is 5. The highest BCUT2D eigenvalue weighted by Crippen LogP contribution is 2.16. The van der Waals surface area contributed by atoms with Gasteiger partial charge in [0.2, 0.25) is 5.91 Å². The number of hydrogen-bond acceptors (Lipinski definition) is 4. The predicted octanol–water partition coefficient (Wildman–Crippen LogP) is 2.32. The van der Waals surface area contributed by atoms with Gasteiger partial charge in [-0.2, -0.15) is 0 Å². The van der Waals surface area contributed by atoms with Crippen LogP contribution in [0.25, 0.3) is 0 Å². The molecule has 1 amide bonds. The molecule has 1 aromatic carbocycles. The van der Waals surface area contributed by atoms with E-state index in [2.05, 4.69) is 10.3 Å². The van der Waals surface area contributed by atoms with Gasteiger partial charge in [-0.05, 0) is 31.5 Å². The Bertz CT molecular complexity index is 662. The van der Waals surface area contributed by atoms with E-state index in [9.17, 15) is 9.59 Å². The number of aromatic carboxylic acids is 1. The molecular formula is C15H16N2O3S. The lowest BCUT2D eigenvalue weighted by Crippen LogP contribution is -2.24. The molecule has 2 aromatic rings. The van der Waals surface area contributed by atoms with E-state index in [1.807, 2.05) is 13.8 Å². The Morgan fingerprint density at radius 1 is 1.24 bits per heavy atom. The molecular weight excluding hydrogens is 288 g/mol. The number of nitrogens with one attached hydrogen (secondary N) is 1. The molecule has 0 saturated carbocycles. The number of nitrogens with zero attached hydrogens (tertiary/aromatic N) is 1. The van der Waals surface area contributed by atoms with Crippen molar-refractivity contribution in [1.82, 2.24) is 10.3 Å². The molecule has 2 rings (SSSR count). The Hall–Kier alpha value is -2.21. The number of aryl methyl sites for hydroxylation is 2. The van der Waals surface area contributed by atoms with E-state index in [0.29, 0.717) is 6.54 Å². The zero-order chi connectivity index (χ0) is 15.4. The standard InChI is InChI=1S/C15H16N2O3S/c1-9-13(21-10(2)17-9)8-16-14(18)7-11-3-5-12(6-4-11)15(19)20/h3-6H,7-8H2,1-2H3,(H,16,18)(H,19,20). The van der Waals surface area contributed by atoms with Crippen molar-refractivity contribution in [3.8, 4) is 0 Å². The SMILES string of the molecule is Cc1nc(C)c(CNC(=O)Cc2ccc(C(=O)O)cc2)s1. The number of amides is 1. The highest BCUT2D eigenvalue weighted by atomic mass is 32.1. The molecule has 0 saturated heterocycles. The van der Waals surface area contributed by atoms with E-state index in [1.54, 1.807) is 23.5 Å². The lowest BCUT2D eigenvalue weighted by Gasteiger charge is -2.05. The normalized spacial score (nSPS) is 10.4. The summed E-state index contributed by atoms with van der Waals surface area (Å²) in [4.78, 5) is 28.0. The van der Waals surface area contributed by atoms with Gasteiger partial charge in [0.05, 0.1) is 29.2 Å². The Morgan fingerprint density at radius 2 is 1.90 bits per heavy atom. The van der Waals surface area contributed by atoms with Gasteiger partial charge in [0.25, 0.3) is 0 Å². The minimum atomic E-state index is -0.970. The fourth-order valence-electron chi connectivity index (χ4n) is 1.93. The highest BCUT2D eigenvalue weighted by molar-refractivity contribution is 7.11. The van der Waals surface area contributed by atoms with E-state index in [0.717, 1.165) is 21.1 Å². The first kappa shape index (κ1) is 15.2. The molecule has 0 aliphatic heterocycles. The van der Waals surface area contributed by atoms with E-state index in [1.165, 1.54) is 12.1 Å². The molecule has 0 spiro atoms. The van der Waals surface area contributed by atoms with Gasteiger partial charge in [-0.1, -0.05) is 12.1 Å². The third kappa shape index (κ3) is 4.13. The molecule has 21 heavy (non-hydrogen) atoms. The van der Waals surface area contributed by atoms with Crippen LogP contribution >= 0.6 is 11.3 Å². The number of hydrogen-bond donors (Lipinski definition) is 2. The minimum Gasteiger partial charge on any atom is -0.478 e. The number of carboxylic acid groups (broad SMARTS) is 1. The van der Waals surface area contributed by atoms with Crippen LogP contribution in [-0.2, 0) is 17.8 Å². The maximum Gasteiger partial charge on any atom is 0.335 e. The van der Waals surface area contributed by atoms with Crippen LogP contribution in [0, 0.1) is 13.8 Å². The summed E-state index contributed by atoms with van der Waals surface area (Å²) in [5.74, 6) is -1.06. The number of aromatic nitrogens is 1.